The molecule has 0 aromatic carbocycles. The van der Waals surface area contributed by atoms with E-state index >= 15 is 0 Å². The molecule has 2 saturated heterocycles. The molecule has 0 unspecified atom stereocenters. The molecular weight excluding hydrogens is 408 g/mol. The van der Waals surface area contributed by atoms with Crippen molar-refractivity contribution in [2.45, 2.75) is 12.8 Å². The molecule has 30 heavy (non-hydrogen) atoms. The van der Waals surface area contributed by atoms with E-state index in [1.54, 1.807) is 29.0 Å². The third-order valence-corrected chi connectivity index (χ3v) is 6.33. The highest BCUT2D eigenvalue weighted by atomic mass is 32.1. The van der Waals surface area contributed by atoms with Gasteiger partial charge < -0.3 is 19.4 Å². The first-order valence-electron chi connectivity index (χ1n) is 9.94. The standard InChI is InChI=1S/C20H24N4O5S/c1-23-6-7-24(12-16(23)26)11-15(25)21-20-22-17(14-3-2-8-29-14)19(30-20)18(27)13-4-9-28-10-5-13/h2-3,8,13H,4-7,9-12H2,1H3,(H,21,22,25). The molecule has 10 heteroatoms. The second-order valence-corrected chi connectivity index (χ2v) is 8.50. The van der Waals surface area contributed by atoms with Gasteiger partial charge in [-0.05, 0) is 25.0 Å². The smallest absolute Gasteiger partial charge is 0.240 e. The predicted molar refractivity (Wildman–Crippen MR) is 110 cm³/mol. The fraction of sp³-hybridized carbons (Fsp3) is 0.500. The van der Waals surface area contributed by atoms with Crippen molar-refractivity contribution in [2.24, 2.45) is 5.92 Å². The molecule has 2 aromatic heterocycles. The van der Waals surface area contributed by atoms with Gasteiger partial charge in [-0.2, -0.15) is 0 Å². The highest BCUT2D eigenvalue weighted by molar-refractivity contribution is 7.18. The average Bonchev–Trinajstić information content (AvgIpc) is 3.40. The van der Waals surface area contributed by atoms with E-state index in [9.17, 15) is 14.4 Å². The van der Waals surface area contributed by atoms with Gasteiger partial charge in [0.25, 0.3) is 0 Å². The summed E-state index contributed by atoms with van der Waals surface area (Å²) in [7, 11) is 1.75. The molecule has 0 aliphatic carbocycles. The molecule has 2 amide bonds. The van der Waals surface area contributed by atoms with Crippen LogP contribution in [0.15, 0.2) is 22.8 Å². The van der Waals surface area contributed by atoms with Crippen LogP contribution in [0, 0.1) is 5.92 Å². The number of carbonyl (C=O) groups is 3. The van der Waals surface area contributed by atoms with Crippen LogP contribution in [0.5, 0.6) is 0 Å². The molecule has 4 rings (SSSR count). The van der Waals surface area contributed by atoms with Crippen molar-refractivity contribution >= 4 is 34.1 Å². The van der Waals surface area contributed by atoms with Gasteiger partial charge in [0.15, 0.2) is 16.7 Å². The first-order chi connectivity index (χ1) is 14.5. The number of ketones is 1. The van der Waals surface area contributed by atoms with E-state index in [-0.39, 0.29) is 36.6 Å². The Balaban J connectivity index is 1.49. The number of carbonyl (C=O) groups excluding carboxylic acids is 3. The Hall–Kier alpha value is -2.56. The quantitative estimate of drug-likeness (QED) is 0.693. The predicted octanol–water partition coefficient (Wildman–Crippen LogP) is 1.72. The summed E-state index contributed by atoms with van der Waals surface area (Å²) in [5, 5.41) is 3.13. The number of likely N-dealkylation sites (N-methyl/N-ethyl adjacent to an activating group) is 1. The van der Waals surface area contributed by atoms with Crippen molar-refractivity contribution in [3.63, 3.8) is 0 Å². The number of aromatic nitrogens is 1. The number of piperazine rings is 1. The van der Waals surface area contributed by atoms with Crippen LogP contribution in [-0.4, -0.2) is 78.8 Å². The second-order valence-electron chi connectivity index (χ2n) is 7.50. The Bertz CT molecular complexity index is 920. The van der Waals surface area contributed by atoms with Gasteiger partial charge in [-0.25, -0.2) is 4.98 Å². The molecule has 0 radical (unpaired) electrons. The number of hydrogen-bond acceptors (Lipinski definition) is 8. The molecule has 0 atom stereocenters. The maximum Gasteiger partial charge on any atom is 0.240 e. The first kappa shape index (κ1) is 20.7. The topological polar surface area (TPSA) is 105 Å². The largest absolute Gasteiger partial charge is 0.463 e. The average molecular weight is 433 g/mol. The summed E-state index contributed by atoms with van der Waals surface area (Å²) in [5.74, 6) is 0.108. The molecule has 0 spiro atoms. The fourth-order valence-electron chi connectivity index (χ4n) is 3.57. The minimum Gasteiger partial charge on any atom is -0.463 e. The highest BCUT2D eigenvalue weighted by Crippen LogP contribution is 2.35. The summed E-state index contributed by atoms with van der Waals surface area (Å²) < 4.78 is 10.8. The van der Waals surface area contributed by atoms with Gasteiger partial charge in [-0.15, -0.1) is 0 Å². The van der Waals surface area contributed by atoms with Crippen LogP contribution in [0.25, 0.3) is 11.5 Å². The molecule has 2 aliphatic heterocycles. The van der Waals surface area contributed by atoms with Gasteiger partial charge in [0.2, 0.25) is 11.8 Å². The van der Waals surface area contributed by atoms with Crippen LogP contribution in [-0.2, 0) is 14.3 Å². The monoisotopic (exact) mass is 432 g/mol. The van der Waals surface area contributed by atoms with Crippen molar-refractivity contribution in [2.75, 3.05) is 51.8 Å². The van der Waals surface area contributed by atoms with Gasteiger partial charge in [0.1, 0.15) is 10.6 Å². The van der Waals surface area contributed by atoms with E-state index in [2.05, 4.69) is 10.3 Å². The zero-order valence-electron chi connectivity index (χ0n) is 16.8. The first-order valence-corrected chi connectivity index (χ1v) is 10.8. The van der Waals surface area contributed by atoms with Crippen LogP contribution < -0.4 is 5.32 Å². The normalized spacial score (nSPS) is 18.6. The lowest BCUT2D eigenvalue weighted by Gasteiger charge is -2.31. The summed E-state index contributed by atoms with van der Waals surface area (Å²) in [6.07, 6.45) is 2.88. The summed E-state index contributed by atoms with van der Waals surface area (Å²) in [6, 6.07) is 3.48. The Kier molecular flexibility index (Phi) is 6.26. The Morgan fingerprint density at radius 3 is 2.80 bits per heavy atom. The Labute approximate surface area is 178 Å². The minimum absolute atomic E-state index is 0.00671. The van der Waals surface area contributed by atoms with Crippen molar-refractivity contribution < 1.29 is 23.5 Å². The molecule has 2 aromatic rings. The van der Waals surface area contributed by atoms with Gasteiger partial charge in [0.05, 0.1) is 19.4 Å². The lowest BCUT2D eigenvalue weighted by molar-refractivity contribution is -0.135. The van der Waals surface area contributed by atoms with Crippen molar-refractivity contribution in [3.05, 3.63) is 23.3 Å². The number of thiazole rings is 1. The molecular formula is C20H24N4O5S. The number of ether oxygens (including phenoxy) is 1. The number of furan rings is 1. The minimum atomic E-state index is -0.267. The lowest BCUT2D eigenvalue weighted by Crippen LogP contribution is -2.50. The Morgan fingerprint density at radius 1 is 1.30 bits per heavy atom. The van der Waals surface area contributed by atoms with E-state index in [1.807, 2.05) is 0 Å². The number of amides is 2. The van der Waals surface area contributed by atoms with E-state index in [0.717, 1.165) is 11.3 Å². The maximum absolute atomic E-state index is 13.1. The van der Waals surface area contributed by atoms with Crippen LogP contribution >= 0.6 is 11.3 Å². The number of anilines is 1. The van der Waals surface area contributed by atoms with Gasteiger partial charge in [0, 0.05) is 39.3 Å². The number of hydrogen-bond donors (Lipinski definition) is 1. The van der Waals surface area contributed by atoms with Crippen molar-refractivity contribution in [1.82, 2.24) is 14.8 Å². The van der Waals surface area contributed by atoms with Crippen LogP contribution in [0.3, 0.4) is 0 Å². The zero-order valence-corrected chi connectivity index (χ0v) is 17.6. The number of Topliss-reactive ketones (excluding diaryl/α,β-unsaturated/α-hetero) is 1. The lowest BCUT2D eigenvalue weighted by atomic mass is 9.94. The summed E-state index contributed by atoms with van der Waals surface area (Å²) in [5.41, 5.74) is 0.451. The van der Waals surface area contributed by atoms with Crippen LogP contribution in [0.1, 0.15) is 22.5 Å². The SMILES string of the molecule is CN1CCN(CC(=O)Nc2nc(-c3ccco3)c(C(=O)C3CCOCC3)s2)CC1=O. The molecule has 9 nitrogen and oxygen atoms in total. The number of nitrogens with one attached hydrogen (secondary N) is 1. The summed E-state index contributed by atoms with van der Waals surface area (Å²) >= 11 is 1.16. The number of rotatable bonds is 6. The van der Waals surface area contributed by atoms with Gasteiger partial charge in [-0.3, -0.25) is 19.3 Å². The second kappa shape index (κ2) is 9.07. The van der Waals surface area contributed by atoms with E-state index in [0.29, 0.717) is 60.6 Å². The van der Waals surface area contributed by atoms with Gasteiger partial charge >= 0.3 is 0 Å². The molecule has 160 valence electrons. The van der Waals surface area contributed by atoms with Crippen LogP contribution in [0.4, 0.5) is 5.13 Å². The molecule has 0 saturated carbocycles. The van der Waals surface area contributed by atoms with E-state index < -0.39 is 0 Å². The number of nitrogens with zero attached hydrogens (tertiary/aromatic N) is 3. The maximum atomic E-state index is 13.1. The van der Waals surface area contributed by atoms with E-state index in [4.69, 9.17) is 9.15 Å². The third-order valence-electron chi connectivity index (χ3n) is 5.35. The molecule has 0 bridgehead atoms. The molecule has 1 N–H and O–H groups in total. The molecule has 4 heterocycles. The van der Waals surface area contributed by atoms with Crippen LogP contribution in [0.2, 0.25) is 0 Å². The van der Waals surface area contributed by atoms with E-state index in [1.165, 1.54) is 6.26 Å². The van der Waals surface area contributed by atoms with Gasteiger partial charge in [-0.1, -0.05) is 11.3 Å². The third kappa shape index (κ3) is 4.61. The fourth-order valence-corrected chi connectivity index (χ4v) is 4.58. The molecule has 2 fully saturated rings. The van der Waals surface area contributed by atoms with Crippen molar-refractivity contribution in [1.29, 1.82) is 0 Å². The van der Waals surface area contributed by atoms with Crippen molar-refractivity contribution in [3.8, 4) is 11.5 Å². The summed E-state index contributed by atoms with van der Waals surface area (Å²) in [4.78, 5) is 45.9. The summed E-state index contributed by atoms with van der Waals surface area (Å²) in [6.45, 7) is 2.68. The molecule has 2 aliphatic rings. The zero-order chi connectivity index (χ0) is 21.1. The highest BCUT2D eigenvalue weighted by Gasteiger charge is 2.29. The Morgan fingerprint density at radius 2 is 2.10 bits per heavy atom.